The number of piperidine rings is 1. The second-order valence-electron chi connectivity index (χ2n) is 9.46. The van der Waals surface area contributed by atoms with Crippen LogP contribution in [0.25, 0.3) is 10.9 Å². The van der Waals surface area contributed by atoms with Crippen LogP contribution in [-0.4, -0.2) is 44.6 Å². The van der Waals surface area contributed by atoms with Crippen LogP contribution < -0.4 is 27.2 Å². The second kappa shape index (κ2) is 10.2. The monoisotopic (exact) mass is 551 g/mol. The summed E-state index contributed by atoms with van der Waals surface area (Å²) in [5.41, 5.74) is 11.8. The number of hydrogen-bond acceptors (Lipinski definition) is 9. The number of nitrogens with two attached hydrogens (primary N) is 2. The highest BCUT2D eigenvalue weighted by Crippen LogP contribution is 2.39. The van der Waals surface area contributed by atoms with E-state index in [9.17, 15) is 14.7 Å². The number of hydrogen-bond donors (Lipinski definition) is 5. The summed E-state index contributed by atoms with van der Waals surface area (Å²) in [5, 5.41) is 14.3. The van der Waals surface area contributed by atoms with Gasteiger partial charge in [-0.05, 0) is 44.0 Å². The average molecular weight is 552 g/mol. The summed E-state index contributed by atoms with van der Waals surface area (Å²) < 4.78 is 0. The summed E-state index contributed by atoms with van der Waals surface area (Å²) in [6.07, 6.45) is 3.37. The maximum Gasteiger partial charge on any atom is 0.265 e. The smallest absolute Gasteiger partial charge is 0.265 e. The van der Waals surface area contributed by atoms with Gasteiger partial charge in [-0.25, -0.2) is 9.97 Å². The lowest BCUT2D eigenvalue weighted by molar-refractivity contribution is 0.102. The minimum Gasteiger partial charge on any atom is -0.506 e. The summed E-state index contributed by atoms with van der Waals surface area (Å²) in [5.74, 6) is -0.254. The molecule has 196 valence electrons. The van der Waals surface area contributed by atoms with Crippen molar-refractivity contribution in [1.82, 2.24) is 15.0 Å². The molecule has 2 aromatic carbocycles. The molecule has 7 N–H and O–H groups in total. The molecular weight excluding hydrogens is 526 g/mol. The summed E-state index contributed by atoms with van der Waals surface area (Å²) in [6.45, 7) is 3.60. The third-order valence-corrected chi connectivity index (χ3v) is 8.11. The van der Waals surface area contributed by atoms with Gasteiger partial charge in [-0.1, -0.05) is 41.6 Å². The Morgan fingerprint density at radius 3 is 2.68 bits per heavy atom. The first-order valence-corrected chi connectivity index (χ1v) is 13.1. The van der Waals surface area contributed by atoms with E-state index in [4.69, 9.17) is 23.1 Å². The second-order valence-corrected chi connectivity index (χ2v) is 10.9. The molecule has 0 spiro atoms. The molecule has 1 saturated heterocycles. The minimum atomic E-state index is -0.794. The van der Waals surface area contributed by atoms with Crippen LogP contribution in [0.4, 0.5) is 17.3 Å². The van der Waals surface area contributed by atoms with E-state index in [0.29, 0.717) is 26.6 Å². The van der Waals surface area contributed by atoms with Gasteiger partial charge in [0.25, 0.3) is 11.5 Å². The van der Waals surface area contributed by atoms with Crippen molar-refractivity contribution < 1.29 is 9.90 Å². The molecule has 38 heavy (non-hydrogen) atoms. The first kappa shape index (κ1) is 25.8. The van der Waals surface area contributed by atoms with Crippen molar-refractivity contribution in [3.63, 3.8) is 0 Å². The number of aromatic hydroxyl groups is 1. The van der Waals surface area contributed by atoms with Crippen molar-refractivity contribution in [2.45, 2.75) is 35.2 Å². The molecule has 2 aromatic heterocycles. The Morgan fingerprint density at radius 1 is 1.21 bits per heavy atom. The number of benzene rings is 2. The van der Waals surface area contributed by atoms with Gasteiger partial charge in [0.1, 0.15) is 22.2 Å². The molecule has 5 rings (SSSR count). The average Bonchev–Trinajstić information content (AvgIpc) is 2.87. The molecule has 0 radical (unpaired) electrons. The Bertz CT molecular complexity index is 1600. The van der Waals surface area contributed by atoms with E-state index >= 15 is 0 Å². The molecule has 1 aliphatic heterocycles. The number of carbonyl (C=O) groups is 1. The molecule has 1 aliphatic rings. The van der Waals surface area contributed by atoms with Gasteiger partial charge in [-0.3, -0.25) is 9.59 Å². The van der Waals surface area contributed by atoms with Crippen molar-refractivity contribution in [3.8, 4) is 5.75 Å². The van der Waals surface area contributed by atoms with Crippen LogP contribution in [0.15, 0.2) is 63.4 Å². The molecule has 0 bridgehead atoms. The normalized spacial score (nSPS) is 15.0. The highest BCUT2D eigenvalue weighted by molar-refractivity contribution is 7.99. The lowest BCUT2D eigenvalue weighted by atomic mass is 9.91. The van der Waals surface area contributed by atoms with E-state index in [-0.39, 0.29) is 22.1 Å². The Labute approximate surface area is 227 Å². The predicted octanol–water partition coefficient (Wildman–Crippen LogP) is 3.98. The number of para-hydroxylation sites is 1. The highest BCUT2D eigenvalue weighted by Gasteiger charge is 2.27. The zero-order valence-electron chi connectivity index (χ0n) is 20.5. The molecule has 12 heteroatoms. The fourth-order valence-electron chi connectivity index (χ4n) is 4.27. The van der Waals surface area contributed by atoms with Gasteiger partial charge in [0, 0.05) is 28.9 Å². The number of pyridine rings is 1. The number of aromatic amines is 1. The van der Waals surface area contributed by atoms with Crippen molar-refractivity contribution in [2.24, 2.45) is 5.73 Å². The molecule has 0 unspecified atom stereocenters. The highest BCUT2D eigenvalue weighted by atomic mass is 35.5. The fraction of sp³-hybridized carbons (Fsp3) is 0.231. The number of nitrogen functional groups attached to an aromatic ring is 1. The van der Waals surface area contributed by atoms with Gasteiger partial charge in [-0.2, -0.15) is 0 Å². The predicted molar refractivity (Wildman–Crippen MR) is 150 cm³/mol. The molecule has 1 amide bonds. The van der Waals surface area contributed by atoms with Gasteiger partial charge >= 0.3 is 0 Å². The Morgan fingerprint density at radius 2 is 1.95 bits per heavy atom. The molecule has 0 saturated carbocycles. The zero-order valence-corrected chi connectivity index (χ0v) is 22.1. The van der Waals surface area contributed by atoms with Gasteiger partial charge < -0.3 is 31.8 Å². The maximum atomic E-state index is 13.0. The number of rotatable bonds is 5. The van der Waals surface area contributed by atoms with E-state index in [1.54, 1.807) is 48.7 Å². The third kappa shape index (κ3) is 5.13. The number of nitrogens with one attached hydrogen (secondary N) is 2. The molecule has 10 nitrogen and oxygen atoms in total. The van der Waals surface area contributed by atoms with Gasteiger partial charge in [0.15, 0.2) is 5.82 Å². The Hall–Kier alpha value is -3.80. The van der Waals surface area contributed by atoms with E-state index in [1.165, 1.54) is 11.8 Å². The van der Waals surface area contributed by atoms with Gasteiger partial charge in [-0.15, -0.1) is 0 Å². The number of aromatic nitrogens is 3. The fourth-order valence-corrected chi connectivity index (χ4v) is 5.37. The van der Waals surface area contributed by atoms with E-state index in [2.05, 4.69) is 25.2 Å². The van der Waals surface area contributed by atoms with Gasteiger partial charge in [0.2, 0.25) is 0 Å². The lowest BCUT2D eigenvalue weighted by Crippen LogP contribution is -2.48. The molecule has 0 atom stereocenters. The Kier molecular flexibility index (Phi) is 6.91. The largest absolute Gasteiger partial charge is 0.506 e. The van der Waals surface area contributed by atoms with Crippen molar-refractivity contribution in [3.05, 3.63) is 69.6 Å². The summed E-state index contributed by atoms with van der Waals surface area (Å²) >= 11 is 7.81. The number of halogens is 1. The maximum absolute atomic E-state index is 13.0. The number of H-pyrrole nitrogens is 1. The first-order valence-electron chi connectivity index (χ1n) is 11.9. The van der Waals surface area contributed by atoms with E-state index in [0.717, 1.165) is 25.9 Å². The lowest BCUT2D eigenvalue weighted by Gasteiger charge is -2.37. The van der Waals surface area contributed by atoms with Gasteiger partial charge in [0.05, 0.1) is 22.4 Å². The van der Waals surface area contributed by atoms with Crippen molar-refractivity contribution in [1.29, 1.82) is 0 Å². The number of anilines is 3. The van der Waals surface area contributed by atoms with Crippen LogP contribution in [0, 0.1) is 0 Å². The van der Waals surface area contributed by atoms with E-state index in [1.807, 2.05) is 6.92 Å². The van der Waals surface area contributed by atoms with Crippen LogP contribution in [0.3, 0.4) is 0 Å². The molecule has 0 aliphatic carbocycles. The zero-order chi connectivity index (χ0) is 27.0. The van der Waals surface area contributed by atoms with Crippen LogP contribution in [0.1, 0.15) is 30.1 Å². The molecule has 3 heterocycles. The molecule has 4 aromatic rings. The summed E-state index contributed by atoms with van der Waals surface area (Å²) in [4.78, 5) is 39.8. The topological polar surface area (TPSA) is 163 Å². The van der Waals surface area contributed by atoms with Crippen LogP contribution in [0.5, 0.6) is 5.75 Å². The molecular formula is C26H26ClN7O3S. The number of fused-ring (bicyclic) bond motifs is 1. The third-order valence-electron chi connectivity index (χ3n) is 6.52. The molecule has 1 fully saturated rings. The Balaban J connectivity index is 1.35. The number of carbonyl (C=O) groups excluding carboxylic acids is 1. The number of amides is 1. The standard InChI is InChI=1S/C26H26ClN7O3S/c1-26(29)9-11-34(12-10-26)18-13-30-25(22(28)33-18)38-17-8-4-7-16(20(17)27)32-24(37)19-21(35)14-5-2-3-6-15(14)31-23(19)36/h2-8,13H,9-12,29H2,1H3,(H2,28,33)(H,32,37)(H2,31,35,36). The van der Waals surface area contributed by atoms with Crippen LogP contribution >= 0.6 is 23.4 Å². The van der Waals surface area contributed by atoms with Crippen LogP contribution in [-0.2, 0) is 0 Å². The van der Waals surface area contributed by atoms with Crippen molar-refractivity contribution >= 4 is 57.5 Å². The van der Waals surface area contributed by atoms with E-state index < -0.39 is 22.8 Å². The minimum absolute atomic E-state index is 0.178. The summed E-state index contributed by atoms with van der Waals surface area (Å²) in [6, 6.07) is 11.7. The van der Waals surface area contributed by atoms with Crippen LogP contribution in [0.2, 0.25) is 5.02 Å². The number of nitrogens with zero attached hydrogens (tertiary/aromatic N) is 3. The quantitative estimate of drug-likeness (QED) is 0.247. The SMILES string of the molecule is CC1(N)CCN(c2cnc(Sc3cccc(NC(=O)c4c(O)c5ccccc5[nH]c4=O)c3Cl)c(N)n2)CC1. The first-order chi connectivity index (χ1) is 18.1. The summed E-state index contributed by atoms with van der Waals surface area (Å²) in [7, 11) is 0. The van der Waals surface area contributed by atoms with Crippen molar-refractivity contribution in [2.75, 3.05) is 29.0 Å².